The maximum absolute atomic E-state index is 11.8. The third-order valence-corrected chi connectivity index (χ3v) is 3.78. The number of carbonyl (C=O) groups is 1. The normalized spacial score (nSPS) is 30.0. The molecule has 0 radical (unpaired) electrons. The molecule has 0 aliphatic heterocycles. The van der Waals surface area contributed by atoms with Gasteiger partial charge in [0.2, 0.25) is 5.91 Å². The van der Waals surface area contributed by atoms with Crippen molar-refractivity contribution >= 4 is 5.91 Å². The number of hydrogen-bond donors (Lipinski definition) is 2. The fourth-order valence-corrected chi connectivity index (χ4v) is 2.29. The molecule has 4 nitrogen and oxygen atoms in total. The highest BCUT2D eigenvalue weighted by atomic mass is 16.3. The van der Waals surface area contributed by atoms with Crippen LogP contribution in [0.4, 0.5) is 0 Å². The molecule has 96 valence electrons. The van der Waals surface area contributed by atoms with Gasteiger partial charge in [0.25, 0.3) is 0 Å². The summed E-state index contributed by atoms with van der Waals surface area (Å²) in [6, 6.07) is 2.25. The summed E-state index contributed by atoms with van der Waals surface area (Å²) in [4.78, 5) is 11.8. The van der Waals surface area contributed by atoms with E-state index in [1.165, 1.54) is 0 Å². The first-order valence-corrected chi connectivity index (χ1v) is 6.31. The Balaban J connectivity index is 2.58. The second-order valence-corrected chi connectivity index (χ2v) is 5.44. The number of rotatable bonds is 4. The average Bonchev–Trinajstić information content (AvgIpc) is 2.60. The molecule has 1 amide bonds. The number of nitrogens with one attached hydrogen (secondary N) is 1. The maximum Gasteiger partial charge on any atom is 0.223 e. The van der Waals surface area contributed by atoms with E-state index in [2.05, 4.69) is 11.4 Å². The molecule has 0 aromatic carbocycles. The van der Waals surface area contributed by atoms with E-state index in [9.17, 15) is 15.2 Å². The Labute approximate surface area is 103 Å². The lowest BCUT2D eigenvalue weighted by molar-refractivity contribution is -0.125. The Morgan fingerprint density at radius 1 is 1.65 bits per heavy atom. The summed E-state index contributed by atoms with van der Waals surface area (Å²) in [6.45, 7) is 5.74. The minimum atomic E-state index is -0.715. The van der Waals surface area contributed by atoms with Crippen LogP contribution in [0.5, 0.6) is 0 Å². The molecule has 0 bridgehead atoms. The number of nitrogens with zero attached hydrogens (tertiary/aromatic N) is 1. The van der Waals surface area contributed by atoms with E-state index in [0.717, 1.165) is 12.8 Å². The maximum atomic E-state index is 11.8. The number of aliphatic hydroxyl groups excluding tert-OH is 1. The number of amides is 1. The fourth-order valence-electron chi connectivity index (χ4n) is 2.29. The molecule has 1 rings (SSSR count). The molecular formula is C13H22N2O2. The topological polar surface area (TPSA) is 73.1 Å². The van der Waals surface area contributed by atoms with Crippen LogP contribution in [0.15, 0.2) is 0 Å². The van der Waals surface area contributed by atoms with Gasteiger partial charge in [-0.25, -0.2) is 0 Å². The standard InChI is InChI=1S/C13H22N2O2/c1-9(2)11(16)7-12(17)15-13(8-14)6-4-5-10(13)3/h9-11,16H,4-7H2,1-3H3,(H,15,17). The van der Waals surface area contributed by atoms with Gasteiger partial charge in [0, 0.05) is 0 Å². The molecule has 0 heterocycles. The zero-order valence-electron chi connectivity index (χ0n) is 10.9. The van der Waals surface area contributed by atoms with Crippen LogP contribution in [0.1, 0.15) is 46.5 Å². The van der Waals surface area contributed by atoms with Gasteiger partial charge in [-0.3, -0.25) is 4.79 Å². The molecule has 1 saturated carbocycles. The van der Waals surface area contributed by atoms with Crippen molar-refractivity contribution in [1.82, 2.24) is 5.32 Å². The number of nitriles is 1. The molecule has 1 aliphatic rings. The molecular weight excluding hydrogens is 216 g/mol. The first-order chi connectivity index (χ1) is 7.91. The Bertz CT molecular complexity index is 322. The third kappa shape index (κ3) is 3.19. The van der Waals surface area contributed by atoms with E-state index in [-0.39, 0.29) is 24.2 Å². The van der Waals surface area contributed by atoms with Crippen molar-refractivity contribution in [2.45, 2.75) is 58.1 Å². The molecule has 2 N–H and O–H groups in total. The number of aliphatic hydroxyl groups is 1. The Hall–Kier alpha value is -1.08. The van der Waals surface area contributed by atoms with Gasteiger partial charge in [0.05, 0.1) is 18.6 Å². The minimum Gasteiger partial charge on any atom is -0.392 e. The van der Waals surface area contributed by atoms with E-state index in [4.69, 9.17) is 0 Å². The molecule has 1 aliphatic carbocycles. The van der Waals surface area contributed by atoms with E-state index in [1.54, 1.807) is 0 Å². The van der Waals surface area contributed by atoms with Crippen LogP contribution in [-0.4, -0.2) is 22.7 Å². The lowest BCUT2D eigenvalue weighted by Gasteiger charge is -2.28. The smallest absolute Gasteiger partial charge is 0.223 e. The Morgan fingerprint density at radius 3 is 2.71 bits per heavy atom. The third-order valence-electron chi connectivity index (χ3n) is 3.78. The number of hydrogen-bond acceptors (Lipinski definition) is 3. The van der Waals surface area contributed by atoms with Crippen molar-refractivity contribution in [1.29, 1.82) is 5.26 Å². The Kier molecular flexibility index (Phi) is 4.53. The van der Waals surface area contributed by atoms with Gasteiger partial charge in [-0.1, -0.05) is 20.8 Å². The predicted molar refractivity (Wildman–Crippen MR) is 65.0 cm³/mol. The van der Waals surface area contributed by atoms with Crippen molar-refractivity contribution in [3.05, 3.63) is 0 Å². The molecule has 1 fully saturated rings. The van der Waals surface area contributed by atoms with Crippen molar-refractivity contribution in [3.63, 3.8) is 0 Å². The van der Waals surface area contributed by atoms with Gasteiger partial charge in [0.1, 0.15) is 5.54 Å². The lowest BCUT2D eigenvalue weighted by atomic mass is 9.89. The molecule has 3 unspecified atom stereocenters. The highest BCUT2D eigenvalue weighted by Gasteiger charge is 2.41. The van der Waals surface area contributed by atoms with E-state index < -0.39 is 11.6 Å². The predicted octanol–water partition coefficient (Wildman–Crippen LogP) is 1.59. The minimum absolute atomic E-state index is 0.0554. The van der Waals surface area contributed by atoms with Gasteiger partial charge in [-0.05, 0) is 31.1 Å². The van der Waals surface area contributed by atoms with Crippen LogP contribution in [0.2, 0.25) is 0 Å². The highest BCUT2D eigenvalue weighted by molar-refractivity contribution is 5.78. The first-order valence-electron chi connectivity index (χ1n) is 6.31. The van der Waals surface area contributed by atoms with E-state index in [0.29, 0.717) is 6.42 Å². The lowest BCUT2D eigenvalue weighted by Crippen LogP contribution is -2.50. The largest absolute Gasteiger partial charge is 0.392 e. The SMILES string of the molecule is CC(C)C(O)CC(=O)NC1(C#N)CCCC1C. The summed E-state index contributed by atoms with van der Waals surface area (Å²) in [6.07, 6.45) is 2.10. The van der Waals surface area contributed by atoms with Crippen LogP contribution >= 0.6 is 0 Å². The second kappa shape index (κ2) is 5.50. The monoisotopic (exact) mass is 238 g/mol. The highest BCUT2D eigenvalue weighted by Crippen LogP contribution is 2.34. The Morgan fingerprint density at radius 2 is 2.29 bits per heavy atom. The molecule has 0 aromatic rings. The van der Waals surface area contributed by atoms with Gasteiger partial charge in [0.15, 0.2) is 0 Å². The summed E-state index contributed by atoms with van der Waals surface area (Å²) in [7, 11) is 0. The van der Waals surface area contributed by atoms with Crippen molar-refractivity contribution in [3.8, 4) is 6.07 Å². The fraction of sp³-hybridized carbons (Fsp3) is 0.846. The zero-order chi connectivity index (χ0) is 13.1. The van der Waals surface area contributed by atoms with Gasteiger partial charge in [-0.2, -0.15) is 5.26 Å². The molecule has 0 saturated heterocycles. The molecule has 17 heavy (non-hydrogen) atoms. The molecule has 0 aromatic heterocycles. The quantitative estimate of drug-likeness (QED) is 0.781. The van der Waals surface area contributed by atoms with Gasteiger partial charge < -0.3 is 10.4 Å². The summed E-state index contributed by atoms with van der Waals surface area (Å²) in [5.41, 5.74) is -0.715. The molecule has 0 spiro atoms. The van der Waals surface area contributed by atoms with Crippen LogP contribution in [0.25, 0.3) is 0 Å². The summed E-state index contributed by atoms with van der Waals surface area (Å²) >= 11 is 0. The second-order valence-electron chi connectivity index (χ2n) is 5.44. The van der Waals surface area contributed by atoms with Crippen LogP contribution in [0.3, 0.4) is 0 Å². The van der Waals surface area contributed by atoms with Gasteiger partial charge in [-0.15, -0.1) is 0 Å². The van der Waals surface area contributed by atoms with E-state index >= 15 is 0 Å². The number of carbonyl (C=O) groups excluding carboxylic acids is 1. The molecule has 4 heteroatoms. The van der Waals surface area contributed by atoms with Crippen molar-refractivity contribution < 1.29 is 9.90 Å². The first kappa shape index (κ1) is 14.0. The zero-order valence-corrected chi connectivity index (χ0v) is 10.9. The van der Waals surface area contributed by atoms with Gasteiger partial charge >= 0.3 is 0 Å². The van der Waals surface area contributed by atoms with Crippen LogP contribution in [0, 0.1) is 23.2 Å². The van der Waals surface area contributed by atoms with Crippen molar-refractivity contribution in [2.75, 3.05) is 0 Å². The summed E-state index contributed by atoms with van der Waals surface area (Å²) in [5.74, 6) is 0.0222. The summed E-state index contributed by atoms with van der Waals surface area (Å²) in [5, 5.41) is 21.7. The average molecular weight is 238 g/mol. The summed E-state index contributed by atoms with van der Waals surface area (Å²) < 4.78 is 0. The van der Waals surface area contributed by atoms with Crippen molar-refractivity contribution in [2.24, 2.45) is 11.8 Å². The van der Waals surface area contributed by atoms with E-state index in [1.807, 2.05) is 20.8 Å². The van der Waals surface area contributed by atoms with Crippen LogP contribution in [-0.2, 0) is 4.79 Å². The molecule has 3 atom stereocenters. The van der Waals surface area contributed by atoms with Crippen LogP contribution < -0.4 is 5.32 Å².